The zero-order valence-corrected chi connectivity index (χ0v) is 21.4. The van der Waals surface area contributed by atoms with Gasteiger partial charge in [-0.2, -0.15) is 0 Å². The Hall–Kier alpha value is 0.0969. The number of unbranched alkanes of at least 4 members (excludes halogenated alkanes) is 9. The first kappa shape index (κ1) is 28.1. The van der Waals surface area contributed by atoms with Crippen LogP contribution in [0, 0.1) is 17.8 Å². The van der Waals surface area contributed by atoms with Crippen LogP contribution in [0.1, 0.15) is 113 Å². The molecule has 0 aliphatic heterocycles. The van der Waals surface area contributed by atoms with E-state index >= 15 is 0 Å². The molecule has 0 N–H and O–H groups in total. The lowest BCUT2D eigenvalue weighted by atomic mass is 10.1. The Bertz CT molecular complexity index is 301. The molecule has 0 unspecified atom stereocenters. The highest BCUT2D eigenvalue weighted by molar-refractivity contribution is 6.60. The Balaban J connectivity index is 4.38. The van der Waals surface area contributed by atoms with Crippen LogP contribution in [-0.4, -0.2) is 28.6 Å². The van der Waals surface area contributed by atoms with Gasteiger partial charge < -0.3 is 13.3 Å². The van der Waals surface area contributed by atoms with E-state index in [4.69, 9.17) is 13.3 Å². The fourth-order valence-corrected chi connectivity index (χ4v) is 6.18. The van der Waals surface area contributed by atoms with Crippen molar-refractivity contribution in [1.29, 1.82) is 0 Å². The SMILES string of the molecule is CCCCCCCCCCCC[Si](OCC(C)C)(OCC(C)C)OCC(C)C. The number of hydrogen-bond donors (Lipinski definition) is 0. The van der Waals surface area contributed by atoms with Gasteiger partial charge in [-0.1, -0.05) is 106 Å². The minimum atomic E-state index is -2.57. The molecule has 0 saturated heterocycles. The van der Waals surface area contributed by atoms with Gasteiger partial charge in [0, 0.05) is 25.9 Å². The van der Waals surface area contributed by atoms with Crippen molar-refractivity contribution in [1.82, 2.24) is 0 Å². The summed E-state index contributed by atoms with van der Waals surface area (Å²) >= 11 is 0. The standard InChI is InChI=1S/C24H52O3Si/c1-8-9-10-11-12-13-14-15-16-17-18-28(25-19-22(2)3,26-20-23(4)5)27-21-24(6)7/h22-24H,8-21H2,1-7H3. The van der Waals surface area contributed by atoms with E-state index in [0.717, 1.165) is 32.3 Å². The molecule has 0 heterocycles. The maximum absolute atomic E-state index is 6.37. The first-order valence-electron chi connectivity index (χ1n) is 12.2. The van der Waals surface area contributed by atoms with Crippen molar-refractivity contribution < 1.29 is 13.3 Å². The highest BCUT2D eigenvalue weighted by Gasteiger charge is 2.41. The van der Waals surface area contributed by atoms with E-state index in [1.807, 2.05) is 0 Å². The van der Waals surface area contributed by atoms with Crippen LogP contribution in [0.4, 0.5) is 0 Å². The molecule has 170 valence electrons. The Labute approximate surface area is 178 Å². The Morgan fingerprint density at radius 3 is 1.14 bits per heavy atom. The van der Waals surface area contributed by atoms with Crippen LogP contribution in [0.3, 0.4) is 0 Å². The summed E-state index contributed by atoms with van der Waals surface area (Å²) in [5, 5.41) is 0. The van der Waals surface area contributed by atoms with Gasteiger partial charge >= 0.3 is 8.80 Å². The fourth-order valence-electron chi connectivity index (χ4n) is 3.05. The molecule has 0 amide bonds. The van der Waals surface area contributed by atoms with Crippen molar-refractivity contribution in [3.8, 4) is 0 Å². The van der Waals surface area contributed by atoms with E-state index in [1.54, 1.807) is 0 Å². The Morgan fingerprint density at radius 1 is 0.500 bits per heavy atom. The van der Waals surface area contributed by atoms with Crippen molar-refractivity contribution in [2.24, 2.45) is 17.8 Å². The highest BCUT2D eigenvalue weighted by Crippen LogP contribution is 2.23. The van der Waals surface area contributed by atoms with Crippen LogP contribution < -0.4 is 0 Å². The van der Waals surface area contributed by atoms with Crippen molar-refractivity contribution in [3.63, 3.8) is 0 Å². The second-order valence-corrected chi connectivity index (χ2v) is 12.5. The van der Waals surface area contributed by atoms with E-state index in [1.165, 1.54) is 57.8 Å². The van der Waals surface area contributed by atoms with Gasteiger partial charge in [0.1, 0.15) is 0 Å². The van der Waals surface area contributed by atoms with Crippen molar-refractivity contribution in [2.45, 2.75) is 119 Å². The molecule has 0 aromatic heterocycles. The molecule has 0 aromatic rings. The van der Waals surface area contributed by atoms with Gasteiger partial charge in [-0.05, 0) is 24.2 Å². The summed E-state index contributed by atoms with van der Waals surface area (Å²) in [6.45, 7) is 17.7. The summed E-state index contributed by atoms with van der Waals surface area (Å²) in [6.07, 6.45) is 13.5. The van der Waals surface area contributed by atoms with Gasteiger partial charge in [0.2, 0.25) is 0 Å². The quantitative estimate of drug-likeness (QED) is 0.149. The van der Waals surface area contributed by atoms with Gasteiger partial charge in [0.15, 0.2) is 0 Å². The highest BCUT2D eigenvalue weighted by atomic mass is 28.4. The number of rotatable bonds is 20. The molecule has 0 spiro atoms. The van der Waals surface area contributed by atoms with E-state index in [-0.39, 0.29) is 0 Å². The summed E-state index contributed by atoms with van der Waals surface area (Å²) in [7, 11) is -2.57. The zero-order chi connectivity index (χ0) is 21.3. The lowest BCUT2D eigenvalue weighted by Gasteiger charge is -2.32. The van der Waals surface area contributed by atoms with E-state index < -0.39 is 8.80 Å². The first-order chi connectivity index (χ1) is 13.3. The second kappa shape index (κ2) is 17.9. The molecule has 0 aromatic carbocycles. The van der Waals surface area contributed by atoms with E-state index in [2.05, 4.69) is 48.5 Å². The second-order valence-electron chi connectivity index (χ2n) is 9.73. The van der Waals surface area contributed by atoms with Gasteiger partial charge in [-0.15, -0.1) is 0 Å². The van der Waals surface area contributed by atoms with Crippen LogP contribution in [0.25, 0.3) is 0 Å². The molecule has 0 rings (SSSR count). The minimum absolute atomic E-state index is 0.505. The normalized spacial score (nSPS) is 12.6. The summed E-state index contributed by atoms with van der Waals surface area (Å²) in [5.41, 5.74) is 0. The summed E-state index contributed by atoms with van der Waals surface area (Å²) < 4.78 is 19.1. The lowest BCUT2D eigenvalue weighted by molar-refractivity contribution is 0.0362. The van der Waals surface area contributed by atoms with Crippen LogP contribution in [0.15, 0.2) is 0 Å². The third kappa shape index (κ3) is 17.0. The molecule has 0 fully saturated rings. The van der Waals surface area contributed by atoms with Gasteiger partial charge in [0.25, 0.3) is 0 Å². The van der Waals surface area contributed by atoms with E-state index in [9.17, 15) is 0 Å². The molecule has 28 heavy (non-hydrogen) atoms. The van der Waals surface area contributed by atoms with Crippen LogP contribution in [0.5, 0.6) is 0 Å². The molecule has 4 heteroatoms. The third-order valence-corrected chi connectivity index (χ3v) is 7.53. The van der Waals surface area contributed by atoms with Crippen LogP contribution >= 0.6 is 0 Å². The Morgan fingerprint density at radius 2 is 0.821 bits per heavy atom. The fraction of sp³-hybridized carbons (Fsp3) is 1.00. The van der Waals surface area contributed by atoms with Crippen LogP contribution in [0.2, 0.25) is 6.04 Å². The smallest absolute Gasteiger partial charge is 0.373 e. The predicted octanol–water partition coefficient (Wildman–Crippen LogP) is 7.86. The van der Waals surface area contributed by atoms with Gasteiger partial charge in [0.05, 0.1) is 0 Å². The molecule has 0 aliphatic rings. The van der Waals surface area contributed by atoms with Crippen LogP contribution in [-0.2, 0) is 13.3 Å². The zero-order valence-electron chi connectivity index (χ0n) is 20.4. The third-order valence-electron chi connectivity index (χ3n) is 4.75. The molecule has 0 atom stereocenters. The summed E-state index contributed by atoms with van der Waals surface area (Å²) in [6, 6.07) is 0.968. The topological polar surface area (TPSA) is 27.7 Å². The largest absolute Gasteiger partial charge is 0.500 e. The molecular formula is C24H52O3Si. The molecule has 0 saturated carbocycles. The van der Waals surface area contributed by atoms with E-state index in [0.29, 0.717) is 17.8 Å². The molecular weight excluding hydrogens is 364 g/mol. The number of hydrogen-bond acceptors (Lipinski definition) is 3. The van der Waals surface area contributed by atoms with Gasteiger partial charge in [-0.3, -0.25) is 0 Å². The molecule has 0 aliphatic carbocycles. The average molecular weight is 417 g/mol. The molecule has 0 radical (unpaired) electrons. The van der Waals surface area contributed by atoms with Gasteiger partial charge in [-0.25, -0.2) is 0 Å². The maximum Gasteiger partial charge on any atom is 0.500 e. The van der Waals surface area contributed by atoms with Crippen molar-refractivity contribution in [2.75, 3.05) is 19.8 Å². The average Bonchev–Trinajstić information content (AvgIpc) is 2.63. The minimum Gasteiger partial charge on any atom is -0.373 e. The first-order valence-corrected chi connectivity index (χ1v) is 14.2. The molecule has 3 nitrogen and oxygen atoms in total. The van der Waals surface area contributed by atoms with Crippen molar-refractivity contribution >= 4 is 8.80 Å². The summed E-state index contributed by atoms with van der Waals surface area (Å²) in [4.78, 5) is 0. The lowest BCUT2D eigenvalue weighted by Crippen LogP contribution is -2.48. The molecule has 0 bridgehead atoms. The summed E-state index contributed by atoms with van der Waals surface area (Å²) in [5.74, 6) is 1.51. The monoisotopic (exact) mass is 416 g/mol. The van der Waals surface area contributed by atoms with Crippen molar-refractivity contribution in [3.05, 3.63) is 0 Å². The predicted molar refractivity (Wildman–Crippen MR) is 125 cm³/mol. The maximum atomic E-state index is 6.37. The Kier molecular flexibility index (Phi) is 18.0.